The lowest BCUT2D eigenvalue weighted by atomic mass is 10.2. The van der Waals surface area contributed by atoms with Gasteiger partial charge in [0.05, 0.1) is 6.33 Å². The van der Waals surface area contributed by atoms with E-state index in [9.17, 15) is 0 Å². The molecule has 4 nitrogen and oxygen atoms in total. The zero-order valence-electron chi connectivity index (χ0n) is 10.2. The van der Waals surface area contributed by atoms with E-state index in [-0.39, 0.29) is 0 Å². The summed E-state index contributed by atoms with van der Waals surface area (Å²) in [7, 11) is 0. The summed E-state index contributed by atoms with van der Waals surface area (Å²) in [6, 6.07) is 0. The fraction of sp³-hybridized carbons (Fsp3) is 0.750. The highest BCUT2D eigenvalue weighted by atomic mass is 15.2. The molecule has 1 saturated heterocycles. The molecule has 0 amide bonds. The van der Waals surface area contributed by atoms with E-state index >= 15 is 0 Å². The summed E-state index contributed by atoms with van der Waals surface area (Å²) in [6.07, 6.45) is 6.30. The van der Waals surface area contributed by atoms with Crippen LogP contribution in [0.25, 0.3) is 0 Å². The van der Waals surface area contributed by atoms with Gasteiger partial charge in [-0.25, -0.2) is 4.98 Å². The third-order valence-electron chi connectivity index (χ3n) is 3.17. The number of nitrogens with zero attached hydrogens (tertiary/aromatic N) is 3. The van der Waals surface area contributed by atoms with E-state index in [4.69, 9.17) is 0 Å². The summed E-state index contributed by atoms with van der Waals surface area (Å²) < 4.78 is 2.30. The maximum absolute atomic E-state index is 4.24. The number of nitrogens with one attached hydrogen (secondary N) is 1. The lowest BCUT2D eigenvalue weighted by Crippen LogP contribution is -2.44. The molecule has 16 heavy (non-hydrogen) atoms. The summed E-state index contributed by atoms with van der Waals surface area (Å²) in [5.74, 6) is 0. The lowest BCUT2D eigenvalue weighted by molar-refractivity contribution is 0.231. The number of aryl methyl sites for hydroxylation is 1. The van der Waals surface area contributed by atoms with Crippen LogP contribution in [0.1, 0.15) is 19.0 Å². The van der Waals surface area contributed by atoms with E-state index in [1.165, 1.54) is 25.2 Å². The van der Waals surface area contributed by atoms with Crippen LogP contribution in [0.3, 0.4) is 0 Å². The Kier molecular flexibility index (Phi) is 4.36. The molecule has 1 aromatic heterocycles. The quantitative estimate of drug-likeness (QED) is 0.798. The predicted molar refractivity (Wildman–Crippen MR) is 65.5 cm³/mol. The van der Waals surface area contributed by atoms with Crippen molar-refractivity contribution in [3.63, 3.8) is 0 Å². The minimum atomic E-state index is 1.08. The van der Waals surface area contributed by atoms with Crippen LogP contribution in [-0.4, -0.2) is 47.2 Å². The molecule has 4 heteroatoms. The van der Waals surface area contributed by atoms with Crippen LogP contribution in [0.5, 0.6) is 0 Å². The van der Waals surface area contributed by atoms with Crippen LogP contribution in [0.15, 0.2) is 12.5 Å². The molecule has 1 aliphatic rings. The van der Waals surface area contributed by atoms with E-state index in [1.807, 2.05) is 12.5 Å². The number of piperazine rings is 1. The first-order valence-corrected chi connectivity index (χ1v) is 6.32. The molecule has 2 heterocycles. The maximum atomic E-state index is 4.24. The Labute approximate surface area is 97.7 Å². The SMILES string of the molecule is CCCc1cncn1CCN1CCNCC1. The van der Waals surface area contributed by atoms with E-state index in [1.54, 1.807) is 0 Å². The molecule has 0 radical (unpaired) electrons. The number of aromatic nitrogens is 2. The first-order valence-electron chi connectivity index (χ1n) is 6.32. The second-order valence-corrected chi connectivity index (χ2v) is 4.42. The van der Waals surface area contributed by atoms with E-state index in [0.29, 0.717) is 0 Å². The van der Waals surface area contributed by atoms with E-state index in [2.05, 4.69) is 26.7 Å². The highest BCUT2D eigenvalue weighted by Gasteiger charge is 2.09. The molecule has 1 fully saturated rings. The number of hydrogen-bond donors (Lipinski definition) is 1. The second kappa shape index (κ2) is 6.01. The van der Waals surface area contributed by atoms with Crippen molar-refractivity contribution in [3.8, 4) is 0 Å². The Morgan fingerprint density at radius 3 is 2.88 bits per heavy atom. The largest absolute Gasteiger partial charge is 0.333 e. The first kappa shape index (κ1) is 11.6. The van der Waals surface area contributed by atoms with Crippen molar-refractivity contribution in [2.24, 2.45) is 0 Å². The summed E-state index contributed by atoms with van der Waals surface area (Å²) >= 11 is 0. The Morgan fingerprint density at radius 1 is 1.31 bits per heavy atom. The number of rotatable bonds is 5. The van der Waals surface area contributed by atoms with Gasteiger partial charge in [0.15, 0.2) is 0 Å². The predicted octanol–water partition coefficient (Wildman–Crippen LogP) is 0.741. The van der Waals surface area contributed by atoms with Crippen molar-refractivity contribution in [3.05, 3.63) is 18.2 Å². The molecule has 0 saturated carbocycles. The van der Waals surface area contributed by atoms with Crippen LogP contribution in [0.4, 0.5) is 0 Å². The number of imidazole rings is 1. The Hall–Kier alpha value is -0.870. The van der Waals surface area contributed by atoms with E-state index in [0.717, 1.165) is 32.6 Å². The molecule has 1 N–H and O–H groups in total. The molecule has 0 atom stereocenters. The second-order valence-electron chi connectivity index (χ2n) is 4.42. The summed E-state index contributed by atoms with van der Waals surface area (Å²) in [6.45, 7) is 9.06. The van der Waals surface area contributed by atoms with Crippen molar-refractivity contribution in [1.82, 2.24) is 19.8 Å². The zero-order chi connectivity index (χ0) is 11.2. The monoisotopic (exact) mass is 222 g/mol. The van der Waals surface area contributed by atoms with Gasteiger partial charge in [-0.15, -0.1) is 0 Å². The third kappa shape index (κ3) is 3.06. The molecule has 2 rings (SSSR count). The van der Waals surface area contributed by atoms with E-state index < -0.39 is 0 Å². The fourth-order valence-corrected chi connectivity index (χ4v) is 2.20. The zero-order valence-corrected chi connectivity index (χ0v) is 10.2. The Morgan fingerprint density at radius 2 is 2.12 bits per heavy atom. The lowest BCUT2D eigenvalue weighted by Gasteiger charge is -2.27. The summed E-state index contributed by atoms with van der Waals surface area (Å²) in [5, 5.41) is 3.38. The summed E-state index contributed by atoms with van der Waals surface area (Å²) in [5.41, 5.74) is 1.37. The molecule has 1 aliphatic heterocycles. The summed E-state index contributed by atoms with van der Waals surface area (Å²) in [4.78, 5) is 6.76. The van der Waals surface area contributed by atoms with Crippen LogP contribution < -0.4 is 5.32 Å². The smallest absolute Gasteiger partial charge is 0.0948 e. The van der Waals surface area contributed by atoms with Crippen LogP contribution in [0, 0.1) is 0 Å². The van der Waals surface area contributed by atoms with Gasteiger partial charge in [-0.3, -0.25) is 4.90 Å². The van der Waals surface area contributed by atoms with Gasteiger partial charge in [-0.2, -0.15) is 0 Å². The Balaban J connectivity index is 1.81. The van der Waals surface area contributed by atoms with Gasteiger partial charge in [0.2, 0.25) is 0 Å². The molecule has 0 aliphatic carbocycles. The van der Waals surface area contributed by atoms with Gasteiger partial charge in [0.1, 0.15) is 0 Å². The topological polar surface area (TPSA) is 33.1 Å². The minimum Gasteiger partial charge on any atom is -0.333 e. The molecular formula is C12H22N4. The van der Waals surface area contributed by atoms with Crippen LogP contribution >= 0.6 is 0 Å². The van der Waals surface area contributed by atoms with Gasteiger partial charge in [0, 0.05) is 51.2 Å². The fourth-order valence-electron chi connectivity index (χ4n) is 2.20. The van der Waals surface area contributed by atoms with Crippen LogP contribution in [0.2, 0.25) is 0 Å². The third-order valence-corrected chi connectivity index (χ3v) is 3.17. The van der Waals surface area contributed by atoms with Gasteiger partial charge in [-0.1, -0.05) is 13.3 Å². The number of hydrogen-bond acceptors (Lipinski definition) is 3. The molecule has 0 bridgehead atoms. The van der Waals surface area contributed by atoms with Gasteiger partial charge < -0.3 is 9.88 Å². The Bertz CT molecular complexity index is 302. The van der Waals surface area contributed by atoms with Gasteiger partial charge in [0.25, 0.3) is 0 Å². The van der Waals surface area contributed by atoms with Crippen LogP contribution in [-0.2, 0) is 13.0 Å². The van der Waals surface area contributed by atoms with Crippen molar-refractivity contribution in [1.29, 1.82) is 0 Å². The molecule has 0 unspecified atom stereocenters. The molecule has 0 spiro atoms. The molecule has 1 aromatic rings. The standard InChI is InChI=1S/C12H22N4/c1-2-3-12-10-14-11-16(12)9-8-15-6-4-13-5-7-15/h10-11,13H,2-9H2,1H3. The average Bonchev–Trinajstić information content (AvgIpc) is 2.76. The van der Waals surface area contributed by atoms with Gasteiger partial charge in [-0.05, 0) is 6.42 Å². The molecular weight excluding hydrogens is 200 g/mol. The molecule has 90 valence electrons. The maximum Gasteiger partial charge on any atom is 0.0948 e. The average molecular weight is 222 g/mol. The molecule has 0 aromatic carbocycles. The highest BCUT2D eigenvalue weighted by molar-refractivity contribution is 4.98. The van der Waals surface area contributed by atoms with Crippen molar-refractivity contribution < 1.29 is 0 Å². The van der Waals surface area contributed by atoms with Crippen molar-refractivity contribution in [2.45, 2.75) is 26.3 Å². The van der Waals surface area contributed by atoms with Crippen molar-refractivity contribution in [2.75, 3.05) is 32.7 Å². The first-order chi connectivity index (χ1) is 7.90. The van der Waals surface area contributed by atoms with Gasteiger partial charge >= 0.3 is 0 Å². The minimum absolute atomic E-state index is 1.08. The van der Waals surface area contributed by atoms with Crippen molar-refractivity contribution >= 4 is 0 Å². The highest BCUT2D eigenvalue weighted by Crippen LogP contribution is 2.03. The normalized spacial score (nSPS) is 17.8.